The molecule has 2 aromatic rings. The average molecular weight is 577 g/mol. The number of esters is 1. The zero-order valence-corrected chi connectivity index (χ0v) is 25.6. The molecule has 5 rings (SSSR count). The Labute approximate surface area is 248 Å². The summed E-state index contributed by atoms with van der Waals surface area (Å²) in [6, 6.07) is 7.49. The van der Waals surface area contributed by atoms with Crippen LogP contribution >= 0.6 is 0 Å². The zero-order valence-electron chi connectivity index (χ0n) is 25.6. The van der Waals surface area contributed by atoms with Crippen LogP contribution in [0.4, 0.5) is 11.4 Å². The third kappa shape index (κ3) is 5.69. The van der Waals surface area contributed by atoms with Crippen LogP contribution in [-0.2, 0) is 24.0 Å². The Hall–Kier alpha value is -3.29. The first-order valence-corrected chi connectivity index (χ1v) is 15.7. The first kappa shape index (κ1) is 30.2. The molecular formula is C34H44N2O6. The first-order chi connectivity index (χ1) is 19.9. The van der Waals surface area contributed by atoms with Gasteiger partial charge in [-0.05, 0) is 95.8 Å². The van der Waals surface area contributed by atoms with Gasteiger partial charge in [-0.15, -0.1) is 0 Å². The molecule has 1 saturated carbocycles. The van der Waals surface area contributed by atoms with E-state index in [0.717, 1.165) is 54.7 Å². The number of hydrogen-bond acceptors (Lipinski definition) is 6. The summed E-state index contributed by atoms with van der Waals surface area (Å²) in [5.74, 6) is 2.84. The van der Waals surface area contributed by atoms with Gasteiger partial charge in [0.05, 0.1) is 21.5 Å². The Morgan fingerprint density at radius 1 is 0.952 bits per heavy atom. The van der Waals surface area contributed by atoms with Crippen LogP contribution in [0.5, 0.6) is 0 Å². The predicted octanol–water partition coefficient (Wildman–Crippen LogP) is 8.37. The second-order valence-electron chi connectivity index (χ2n) is 13.8. The molecule has 0 unspecified atom stereocenters. The number of nitro groups is 2. The molecule has 0 radical (unpaired) electrons. The maximum Gasteiger partial charge on any atom is 0.338 e. The molecule has 226 valence electrons. The van der Waals surface area contributed by atoms with Crippen molar-refractivity contribution in [2.75, 3.05) is 0 Å². The van der Waals surface area contributed by atoms with Crippen LogP contribution in [0.15, 0.2) is 30.3 Å². The number of rotatable bonds is 9. The molecule has 3 aliphatic rings. The minimum atomic E-state index is -0.766. The topological polar surface area (TPSA) is 113 Å². The van der Waals surface area contributed by atoms with Crippen molar-refractivity contribution in [1.29, 1.82) is 0 Å². The molecule has 0 aromatic heterocycles. The summed E-state index contributed by atoms with van der Waals surface area (Å²) in [5.41, 5.74) is 4.83. The van der Waals surface area contributed by atoms with E-state index >= 15 is 0 Å². The normalized spacial score (nSPS) is 26.1. The number of ether oxygens (including phenoxy) is 1. The van der Waals surface area contributed by atoms with Gasteiger partial charge >= 0.3 is 5.97 Å². The summed E-state index contributed by atoms with van der Waals surface area (Å²) in [6.45, 7) is 12.1. The van der Waals surface area contributed by atoms with E-state index in [4.69, 9.17) is 4.74 Å². The Morgan fingerprint density at radius 2 is 1.64 bits per heavy atom. The lowest BCUT2D eigenvalue weighted by atomic mass is 9.59. The molecule has 2 aromatic carbocycles. The SMILES string of the molecule is CC(C)[C@@H](C)CC[C@@H](C)[C@H]1CC[C@H]2c3ccc4c(c3CC[C@]12C)CC[C@H](OC(=O)c1cc([N+](=O)[O-])cc([N+](=O)[O-])c1)C4. The highest BCUT2D eigenvalue weighted by Crippen LogP contribution is 2.61. The molecule has 0 amide bonds. The Balaban J connectivity index is 1.29. The summed E-state index contributed by atoms with van der Waals surface area (Å²) in [6.07, 6.45) is 9.20. The summed E-state index contributed by atoms with van der Waals surface area (Å²) < 4.78 is 5.74. The molecule has 1 fully saturated rings. The summed E-state index contributed by atoms with van der Waals surface area (Å²) in [5, 5.41) is 22.5. The van der Waals surface area contributed by atoms with Gasteiger partial charge in [-0.2, -0.15) is 0 Å². The van der Waals surface area contributed by atoms with E-state index in [1.54, 1.807) is 0 Å². The van der Waals surface area contributed by atoms with Crippen molar-refractivity contribution in [2.45, 2.75) is 104 Å². The molecular weight excluding hydrogens is 532 g/mol. The highest BCUT2D eigenvalue weighted by molar-refractivity contribution is 5.91. The van der Waals surface area contributed by atoms with Gasteiger partial charge in [0.2, 0.25) is 0 Å². The fourth-order valence-corrected chi connectivity index (χ4v) is 8.30. The van der Waals surface area contributed by atoms with Gasteiger partial charge in [0.15, 0.2) is 0 Å². The maximum absolute atomic E-state index is 12.9. The number of nitrogens with zero attached hydrogens (tertiary/aromatic N) is 2. The van der Waals surface area contributed by atoms with Crippen LogP contribution in [0, 0.1) is 49.3 Å². The fraction of sp³-hybridized carbons (Fsp3) is 0.618. The van der Waals surface area contributed by atoms with Crippen molar-refractivity contribution in [1.82, 2.24) is 0 Å². The molecule has 0 N–H and O–H groups in total. The van der Waals surface area contributed by atoms with E-state index in [2.05, 4.69) is 46.8 Å². The van der Waals surface area contributed by atoms with E-state index in [-0.39, 0.29) is 11.7 Å². The van der Waals surface area contributed by atoms with Crippen LogP contribution in [0.3, 0.4) is 0 Å². The second-order valence-corrected chi connectivity index (χ2v) is 13.8. The number of fused-ring (bicyclic) bond motifs is 5. The van der Waals surface area contributed by atoms with E-state index in [9.17, 15) is 25.0 Å². The van der Waals surface area contributed by atoms with Gasteiger partial charge in [0.1, 0.15) is 6.10 Å². The lowest BCUT2D eigenvalue weighted by molar-refractivity contribution is -0.394. The van der Waals surface area contributed by atoms with Crippen molar-refractivity contribution < 1.29 is 19.4 Å². The van der Waals surface area contributed by atoms with Crippen molar-refractivity contribution in [3.63, 3.8) is 0 Å². The summed E-state index contributed by atoms with van der Waals surface area (Å²) in [7, 11) is 0. The Kier molecular flexibility index (Phi) is 8.46. The summed E-state index contributed by atoms with van der Waals surface area (Å²) >= 11 is 0. The monoisotopic (exact) mass is 576 g/mol. The van der Waals surface area contributed by atoms with E-state index in [0.29, 0.717) is 24.2 Å². The standard InChI is InChI=1S/C34H44N2O6/c1-20(2)21(3)6-7-22(4)31-12-13-32-30-10-8-23-18-27(9-11-28(23)29(30)14-15-34(31,32)5)42-33(37)24-16-25(35(38)39)19-26(17-24)36(40)41/h8,10,16-17,19-22,27,31-32H,6-7,9,11-15,18H2,1-5H3/t21-,22+,27-,31+,32-,34+/m0/s1. The highest BCUT2D eigenvalue weighted by atomic mass is 16.6. The second kappa shape index (κ2) is 11.8. The van der Waals surface area contributed by atoms with Gasteiger partial charge in [-0.3, -0.25) is 20.2 Å². The van der Waals surface area contributed by atoms with Crippen molar-refractivity contribution in [3.8, 4) is 0 Å². The predicted molar refractivity (Wildman–Crippen MR) is 162 cm³/mol. The lowest BCUT2D eigenvalue weighted by Gasteiger charge is -2.45. The number of carbonyl (C=O) groups is 1. The molecule has 8 heteroatoms. The van der Waals surface area contributed by atoms with Gasteiger partial charge in [0.25, 0.3) is 11.4 Å². The van der Waals surface area contributed by atoms with E-state index in [1.807, 2.05) is 0 Å². The Morgan fingerprint density at radius 3 is 2.29 bits per heavy atom. The molecule has 42 heavy (non-hydrogen) atoms. The molecule has 6 atom stereocenters. The minimum Gasteiger partial charge on any atom is -0.458 e. The van der Waals surface area contributed by atoms with E-state index < -0.39 is 27.2 Å². The van der Waals surface area contributed by atoms with Crippen molar-refractivity contribution >= 4 is 17.3 Å². The molecule has 3 aliphatic carbocycles. The third-order valence-corrected chi connectivity index (χ3v) is 11.2. The first-order valence-electron chi connectivity index (χ1n) is 15.7. The van der Waals surface area contributed by atoms with Crippen LogP contribution in [0.25, 0.3) is 0 Å². The van der Waals surface area contributed by atoms with Gasteiger partial charge in [-0.1, -0.05) is 59.6 Å². The number of non-ortho nitro benzene ring substituents is 2. The van der Waals surface area contributed by atoms with Crippen LogP contribution in [0.2, 0.25) is 0 Å². The fourth-order valence-electron chi connectivity index (χ4n) is 8.30. The average Bonchev–Trinajstić information content (AvgIpc) is 3.32. The quantitative estimate of drug-likeness (QED) is 0.168. The maximum atomic E-state index is 12.9. The Bertz CT molecular complexity index is 1350. The molecule has 8 nitrogen and oxygen atoms in total. The molecule has 0 bridgehead atoms. The largest absolute Gasteiger partial charge is 0.458 e. The molecule has 0 spiro atoms. The molecule has 0 saturated heterocycles. The highest BCUT2D eigenvalue weighted by Gasteiger charge is 2.51. The van der Waals surface area contributed by atoms with Crippen molar-refractivity contribution in [3.05, 3.63) is 78.4 Å². The minimum absolute atomic E-state index is 0.171. The van der Waals surface area contributed by atoms with E-state index in [1.165, 1.54) is 54.4 Å². The molecule has 0 aliphatic heterocycles. The zero-order chi connectivity index (χ0) is 30.3. The lowest BCUT2D eigenvalue weighted by Crippen LogP contribution is -2.36. The van der Waals surface area contributed by atoms with Crippen LogP contribution < -0.4 is 0 Å². The van der Waals surface area contributed by atoms with Gasteiger partial charge in [-0.25, -0.2) is 4.79 Å². The van der Waals surface area contributed by atoms with Gasteiger partial charge in [0, 0.05) is 18.6 Å². The van der Waals surface area contributed by atoms with Crippen LogP contribution in [0.1, 0.15) is 112 Å². The smallest absolute Gasteiger partial charge is 0.338 e. The third-order valence-electron chi connectivity index (χ3n) is 11.2. The van der Waals surface area contributed by atoms with Gasteiger partial charge < -0.3 is 4.74 Å². The summed E-state index contributed by atoms with van der Waals surface area (Å²) in [4.78, 5) is 33.9. The van der Waals surface area contributed by atoms with Crippen LogP contribution in [-0.4, -0.2) is 21.9 Å². The van der Waals surface area contributed by atoms with Crippen molar-refractivity contribution in [2.24, 2.45) is 29.1 Å². The number of nitro benzene ring substituents is 2. The number of hydrogen-bond donors (Lipinski definition) is 0. The number of benzene rings is 2. The molecule has 0 heterocycles. The number of carbonyl (C=O) groups excluding carboxylic acids is 1.